The fourth-order valence-corrected chi connectivity index (χ4v) is 1.98. The molecule has 0 aliphatic heterocycles. The molecule has 0 bridgehead atoms. The molecule has 0 aromatic rings. The van der Waals surface area contributed by atoms with Gasteiger partial charge < -0.3 is 0 Å². The standard InChI is InChI=1S/C10H20O2.H2O.O.Zr/c1-10(2,3)8-6-4-5-7-9(11)12;;;/h4-8H2,1-3H3,(H,11,12);1H2;;/q;;;+2/p-2. The van der Waals surface area contributed by atoms with Crippen molar-refractivity contribution in [2.75, 3.05) is 0 Å². The van der Waals surface area contributed by atoms with Crippen molar-refractivity contribution in [1.29, 1.82) is 0 Å². The third-order valence-corrected chi connectivity index (χ3v) is 3.00. The van der Waals surface area contributed by atoms with Crippen molar-refractivity contribution >= 4 is 5.97 Å². The number of hydrogen-bond donors (Lipinski definition) is 1. The molecule has 0 aliphatic carbocycles. The third kappa shape index (κ3) is 12.0. The SMILES string of the molecule is CC(C)(C)CCCCCC(=O)[O][Zr](=[O])[OH]. The molecular formula is C10H20O4Zr. The fourth-order valence-electron chi connectivity index (χ4n) is 1.25. The Morgan fingerprint density at radius 1 is 1.27 bits per heavy atom. The van der Waals surface area contributed by atoms with E-state index in [2.05, 4.69) is 23.6 Å². The molecule has 1 N–H and O–H groups in total. The minimum absolute atomic E-state index is 0.261. The van der Waals surface area contributed by atoms with Crippen LogP contribution in [-0.2, 0) is 33.1 Å². The number of rotatable bonds is 6. The van der Waals surface area contributed by atoms with Crippen LogP contribution in [0, 0.1) is 5.41 Å². The Balaban J connectivity index is 3.39. The van der Waals surface area contributed by atoms with Crippen LogP contribution in [0.2, 0.25) is 0 Å². The van der Waals surface area contributed by atoms with Crippen LogP contribution in [0.3, 0.4) is 0 Å². The molecule has 4 nitrogen and oxygen atoms in total. The van der Waals surface area contributed by atoms with Gasteiger partial charge in [0.2, 0.25) is 0 Å². The zero-order valence-electron chi connectivity index (χ0n) is 9.71. The first-order valence-electron chi connectivity index (χ1n) is 5.25. The van der Waals surface area contributed by atoms with Gasteiger partial charge in [0, 0.05) is 0 Å². The molecule has 0 unspecified atom stereocenters. The van der Waals surface area contributed by atoms with Crippen molar-refractivity contribution in [3.63, 3.8) is 0 Å². The molecule has 0 aromatic carbocycles. The van der Waals surface area contributed by atoms with E-state index in [4.69, 9.17) is 3.18 Å². The van der Waals surface area contributed by atoms with Gasteiger partial charge in [0.05, 0.1) is 0 Å². The molecule has 0 aliphatic rings. The van der Waals surface area contributed by atoms with Crippen LogP contribution in [0.25, 0.3) is 0 Å². The molecule has 0 atom stereocenters. The van der Waals surface area contributed by atoms with E-state index in [1.165, 1.54) is 0 Å². The predicted octanol–water partition coefficient (Wildman–Crippen LogP) is 2.31. The van der Waals surface area contributed by atoms with Gasteiger partial charge in [0.25, 0.3) is 0 Å². The quantitative estimate of drug-likeness (QED) is 0.764. The van der Waals surface area contributed by atoms with Crippen molar-refractivity contribution in [3.05, 3.63) is 0 Å². The van der Waals surface area contributed by atoms with Crippen LogP contribution >= 0.6 is 0 Å². The summed E-state index contributed by atoms with van der Waals surface area (Å²) in [6.45, 7) is 6.55. The molecule has 0 fully saturated rings. The van der Waals surface area contributed by atoms with E-state index in [0.29, 0.717) is 5.41 Å². The molecule has 0 amide bonds. The molecule has 0 saturated carbocycles. The van der Waals surface area contributed by atoms with Gasteiger partial charge in [-0.1, -0.05) is 0 Å². The number of unbranched alkanes of at least 4 members (excludes halogenated alkanes) is 2. The van der Waals surface area contributed by atoms with Crippen molar-refractivity contribution < 1.29 is 36.2 Å². The molecule has 88 valence electrons. The Bertz CT molecular complexity index is 220. The molecule has 0 radical (unpaired) electrons. The summed E-state index contributed by atoms with van der Waals surface area (Å²) in [5.41, 5.74) is 0.335. The van der Waals surface area contributed by atoms with Crippen LogP contribution in [0.15, 0.2) is 0 Å². The van der Waals surface area contributed by atoms with E-state index in [1.54, 1.807) is 0 Å². The molecule has 5 heteroatoms. The van der Waals surface area contributed by atoms with E-state index in [9.17, 15) is 7.61 Å². The van der Waals surface area contributed by atoms with E-state index >= 15 is 0 Å². The van der Waals surface area contributed by atoms with E-state index in [0.717, 1.165) is 25.7 Å². The molecular weight excluding hydrogens is 275 g/mol. The van der Waals surface area contributed by atoms with Crippen LogP contribution in [-0.4, -0.2) is 9.15 Å². The predicted molar refractivity (Wildman–Crippen MR) is 51.5 cm³/mol. The first-order valence-corrected chi connectivity index (χ1v) is 8.35. The second kappa shape index (κ2) is 7.40. The fraction of sp³-hybridized carbons (Fsp3) is 0.900. The first kappa shape index (κ1) is 15.1. The second-order valence-corrected chi connectivity index (χ2v) is 6.67. The van der Waals surface area contributed by atoms with Crippen LogP contribution in [0.5, 0.6) is 0 Å². The summed E-state index contributed by atoms with van der Waals surface area (Å²) in [6.07, 6.45) is 4.18. The minimum atomic E-state index is -3.91. The van der Waals surface area contributed by atoms with Crippen molar-refractivity contribution in [2.24, 2.45) is 5.41 Å². The molecule has 15 heavy (non-hydrogen) atoms. The molecule has 0 saturated heterocycles. The molecule has 0 rings (SSSR count). The normalized spacial score (nSPS) is 11.2. The molecule has 0 aromatic heterocycles. The van der Waals surface area contributed by atoms with Crippen molar-refractivity contribution in [1.82, 2.24) is 0 Å². The number of hydrogen-bond acceptors (Lipinski definition) is 3. The third-order valence-electron chi connectivity index (χ3n) is 2.01. The maximum atomic E-state index is 10.9. The van der Waals surface area contributed by atoms with Gasteiger partial charge in [-0.05, 0) is 0 Å². The Labute approximate surface area is 100 Å². The summed E-state index contributed by atoms with van der Waals surface area (Å²) in [6, 6.07) is 0. The Hall–Kier alpha value is 0.113. The number of carbonyl (C=O) groups excluding carboxylic acids is 1. The van der Waals surface area contributed by atoms with Crippen LogP contribution in [0.4, 0.5) is 0 Å². The van der Waals surface area contributed by atoms with Crippen LogP contribution in [0.1, 0.15) is 52.9 Å². The maximum absolute atomic E-state index is 10.9. The van der Waals surface area contributed by atoms with E-state index in [-0.39, 0.29) is 6.42 Å². The average molecular weight is 295 g/mol. The molecule has 0 heterocycles. The van der Waals surface area contributed by atoms with Gasteiger partial charge in [0.1, 0.15) is 0 Å². The van der Waals surface area contributed by atoms with Gasteiger partial charge in [-0.25, -0.2) is 0 Å². The Morgan fingerprint density at radius 2 is 1.87 bits per heavy atom. The Morgan fingerprint density at radius 3 is 2.33 bits per heavy atom. The zero-order valence-corrected chi connectivity index (χ0v) is 12.2. The van der Waals surface area contributed by atoms with Crippen molar-refractivity contribution in [3.8, 4) is 0 Å². The van der Waals surface area contributed by atoms with Gasteiger partial charge in [-0.3, -0.25) is 0 Å². The molecule has 0 spiro atoms. The zero-order chi connectivity index (χ0) is 11.9. The topological polar surface area (TPSA) is 63.6 Å². The Kier molecular flexibility index (Phi) is 7.45. The van der Waals surface area contributed by atoms with Gasteiger partial charge in [-0.15, -0.1) is 0 Å². The summed E-state index contributed by atoms with van der Waals surface area (Å²) < 4.78 is 23.0. The summed E-state index contributed by atoms with van der Waals surface area (Å²) >= 11 is -3.91. The average Bonchev–Trinajstić information content (AvgIpc) is 1.99. The number of carbonyl (C=O) groups is 1. The summed E-state index contributed by atoms with van der Waals surface area (Å²) in [5.74, 6) is -0.530. The van der Waals surface area contributed by atoms with Gasteiger partial charge in [0.15, 0.2) is 0 Å². The van der Waals surface area contributed by atoms with E-state index in [1.807, 2.05) is 0 Å². The van der Waals surface area contributed by atoms with Gasteiger partial charge in [-0.2, -0.15) is 0 Å². The summed E-state index contributed by atoms with van der Waals surface area (Å²) in [4.78, 5) is 10.9. The van der Waals surface area contributed by atoms with E-state index < -0.39 is 28.6 Å². The van der Waals surface area contributed by atoms with Crippen molar-refractivity contribution in [2.45, 2.75) is 52.9 Å². The summed E-state index contributed by atoms with van der Waals surface area (Å²) in [7, 11) is 0. The van der Waals surface area contributed by atoms with Crippen LogP contribution < -0.4 is 0 Å². The summed E-state index contributed by atoms with van der Waals surface area (Å²) in [5, 5.41) is 0. The monoisotopic (exact) mass is 294 g/mol. The van der Waals surface area contributed by atoms with Gasteiger partial charge >= 0.3 is 100 Å². The first-order chi connectivity index (χ1) is 6.81. The second-order valence-electron chi connectivity index (χ2n) is 4.86.